The van der Waals surface area contributed by atoms with Gasteiger partial charge in [0.15, 0.2) is 0 Å². The van der Waals surface area contributed by atoms with Crippen molar-refractivity contribution < 1.29 is 4.74 Å². The third-order valence-corrected chi connectivity index (χ3v) is 3.13. The van der Waals surface area contributed by atoms with Crippen LogP contribution in [0.4, 0.5) is 0 Å². The highest BCUT2D eigenvalue weighted by atomic mass is 16.5. The van der Waals surface area contributed by atoms with Gasteiger partial charge in [-0.25, -0.2) is 0 Å². The number of ether oxygens (including phenoxy) is 1. The molecule has 0 aliphatic carbocycles. The van der Waals surface area contributed by atoms with Gasteiger partial charge in [-0.05, 0) is 52.7 Å². The van der Waals surface area contributed by atoms with E-state index in [4.69, 9.17) is 4.74 Å². The Labute approximate surface area is 94.2 Å². The number of methoxy groups -OCH3 is 1. The van der Waals surface area contributed by atoms with Gasteiger partial charge < -0.3 is 15.0 Å². The number of rotatable bonds is 4. The van der Waals surface area contributed by atoms with Crippen molar-refractivity contribution in [3.63, 3.8) is 0 Å². The summed E-state index contributed by atoms with van der Waals surface area (Å²) in [6.07, 6.45) is 3.65. The Bertz CT molecular complexity index is 171. The van der Waals surface area contributed by atoms with Gasteiger partial charge in [0.05, 0.1) is 0 Å². The van der Waals surface area contributed by atoms with Gasteiger partial charge in [-0.3, -0.25) is 0 Å². The number of hydrogen-bond acceptors (Lipinski definition) is 3. The second kappa shape index (κ2) is 6.46. The van der Waals surface area contributed by atoms with Crippen molar-refractivity contribution in [1.29, 1.82) is 0 Å². The highest BCUT2D eigenvalue weighted by Gasteiger charge is 2.20. The van der Waals surface area contributed by atoms with Gasteiger partial charge >= 0.3 is 0 Å². The van der Waals surface area contributed by atoms with Crippen LogP contribution in [0.3, 0.4) is 0 Å². The van der Waals surface area contributed by atoms with Gasteiger partial charge in [0.1, 0.15) is 0 Å². The first-order valence-electron chi connectivity index (χ1n) is 6.10. The van der Waals surface area contributed by atoms with Crippen LogP contribution in [0.1, 0.15) is 33.1 Å². The molecule has 1 aliphatic rings. The number of nitrogens with zero attached hydrogens (tertiary/aromatic N) is 1. The van der Waals surface area contributed by atoms with Crippen LogP contribution < -0.4 is 5.32 Å². The molecule has 1 fully saturated rings. The van der Waals surface area contributed by atoms with Crippen molar-refractivity contribution in [1.82, 2.24) is 10.2 Å². The molecule has 1 saturated heterocycles. The van der Waals surface area contributed by atoms with Gasteiger partial charge in [-0.15, -0.1) is 0 Å². The largest absolute Gasteiger partial charge is 0.385 e. The van der Waals surface area contributed by atoms with Gasteiger partial charge in [0.2, 0.25) is 0 Å². The maximum Gasteiger partial charge on any atom is 0.0474 e. The van der Waals surface area contributed by atoms with Gasteiger partial charge in [-0.1, -0.05) is 0 Å². The molecule has 90 valence electrons. The molecule has 3 nitrogen and oxygen atoms in total. The van der Waals surface area contributed by atoms with Crippen LogP contribution in [0.15, 0.2) is 0 Å². The van der Waals surface area contributed by atoms with Crippen molar-refractivity contribution in [3.05, 3.63) is 0 Å². The minimum Gasteiger partial charge on any atom is -0.385 e. The molecule has 0 bridgehead atoms. The summed E-state index contributed by atoms with van der Waals surface area (Å²) < 4.78 is 5.09. The summed E-state index contributed by atoms with van der Waals surface area (Å²) in [5, 5.41) is 3.60. The lowest BCUT2D eigenvalue weighted by Crippen LogP contribution is -2.46. The fourth-order valence-corrected chi connectivity index (χ4v) is 2.02. The predicted octanol–water partition coefficient (Wildman–Crippen LogP) is 1.49. The second-order valence-corrected chi connectivity index (χ2v) is 5.10. The molecule has 0 aromatic heterocycles. The third-order valence-electron chi connectivity index (χ3n) is 3.13. The maximum atomic E-state index is 5.09. The SMILES string of the molecule is COCCCN1CCCNC(C)(C)CC1. The summed E-state index contributed by atoms with van der Waals surface area (Å²) in [5.74, 6) is 0. The van der Waals surface area contributed by atoms with Crippen LogP contribution in [-0.4, -0.2) is 50.3 Å². The molecule has 1 rings (SSSR count). The van der Waals surface area contributed by atoms with E-state index in [1.54, 1.807) is 7.11 Å². The van der Waals surface area contributed by atoms with E-state index in [1.165, 1.54) is 32.5 Å². The molecule has 0 aromatic carbocycles. The zero-order chi connectivity index (χ0) is 11.1. The topological polar surface area (TPSA) is 24.5 Å². The molecule has 0 atom stereocenters. The van der Waals surface area contributed by atoms with E-state index >= 15 is 0 Å². The Hall–Kier alpha value is -0.120. The highest BCUT2D eigenvalue weighted by molar-refractivity contribution is 4.81. The van der Waals surface area contributed by atoms with E-state index in [0.29, 0.717) is 5.54 Å². The zero-order valence-corrected chi connectivity index (χ0v) is 10.5. The molecular formula is C12H26N2O. The molecule has 0 amide bonds. The van der Waals surface area contributed by atoms with Crippen LogP contribution in [0, 0.1) is 0 Å². The summed E-state index contributed by atoms with van der Waals surface area (Å²) >= 11 is 0. The summed E-state index contributed by atoms with van der Waals surface area (Å²) in [5.41, 5.74) is 0.305. The third kappa shape index (κ3) is 5.50. The van der Waals surface area contributed by atoms with E-state index in [2.05, 4.69) is 24.1 Å². The molecule has 0 unspecified atom stereocenters. The Balaban J connectivity index is 2.25. The molecule has 0 aromatic rings. The number of nitrogens with one attached hydrogen (secondary N) is 1. The lowest BCUT2D eigenvalue weighted by Gasteiger charge is -2.33. The van der Waals surface area contributed by atoms with E-state index in [-0.39, 0.29) is 0 Å². The minimum atomic E-state index is 0.305. The van der Waals surface area contributed by atoms with E-state index in [1.807, 2.05) is 0 Å². The first-order valence-corrected chi connectivity index (χ1v) is 6.10. The lowest BCUT2D eigenvalue weighted by atomic mass is 9.99. The fraction of sp³-hybridized carbons (Fsp3) is 1.00. The zero-order valence-electron chi connectivity index (χ0n) is 10.5. The molecule has 3 heteroatoms. The maximum absolute atomic E-state index is 5.09. The smallest absolute Gasteiger partial charge is 0.0474 e. The highest BCUT2D eigenvalue weighted by Crippen LogP contribution is 2.12. The first kappa shape index (κ1) is 12.9. The van der Waals surface area contributed by atoms with E-state index < -0.39 is 0 Å². The molecular weight excluding hydrogens is 188 g/mol. The van der Waals surface area contributed by atoms with Crippen molar-refractivity contribution in [2.75, 3.05) is 39.9 Å². The Morgan fingerprint density at radius 1 is 1.33 bits per heavy atom. The van der Waals surface area contributed by atoms with Gasteiger partial charge in [-0.2, -0.15) is 0 Å². The van der Waals surface area contributed by atoms with E-state index in [9.17, 15) is 0 Å². The average molecular weight is 214 g/mol. The molecule has 1 aliphatic heterocycles. The fourth-order valence-electron chi connectivity index (χ4n) is 2.02. The Morgan fingerprint density at radius 2 is 2.13 bits per heavy atom. The van der Waals surface area contributed by atoms with Crippen LogP contribution in [0.5, 0.6) is 0 Å². The minimum absolute atomic E-state index is 0.305. The van der Waals surface area contributed by atoms with E-state index in [0.717, 1.165) is 19.6 Å². The quantitative estimate of drug-likeness (QED) is 0.718. The molecule has 15 heavy (non-hydrogen) atoms. The Kier molecular flexibility index (Phi) is 5.58. The van der Waals surface area contributed by atoms with Crippen LogP contribution in [0.25, 0.3) is 0 Å². The lowest BCUT2D eigenvalue weighted by molar-refractivity contribution is 0.158. The first-order chi connectivity index (χ1) is 7.14. The molecule has 1 N–H and O–H groups in total. The second-order valence-electron chi connectivity index (χ2n) is 5.10. The van der Waals surface area contributed by atoms with Crippen molar-refractivity contribution in [2.24, 2.45) is 0 Å². The molecule has 0 saturated carbocycles. The summed E-state index contributed by atoms with van der Waals surface area (Å²) in [4.78, 5) is 2.57. The monoisotopic (exact) mass is 214 g/mol. The van der Waals surface area contributed by atoms with Crippen molar-refractivity contribution in [3.8, 4) is 0 Å². The number of hydrogen-bond donors (Lipinski definition) is 1. The van der Waals surface area contributed by atoms with Crippen LogP contribution in [-0.2, 0) is 4.74 Å². The average Bonchev–Trinajstić information content (AvgIpc) is 2.17. The normalized spacial score (nSPS) is 23.4. The molecule has 1 heterocycles. The van der Waals surface area contributed by atoms with Crippen molar-refractivity contribution in [2.45, 2.75) is 38.6 Å². The molecule has 0 spiro atoms. The summed E-state index contributed by atoms with van der Waals surface area (Å²) in [7, 11) is 1.78. The summed E-state index contributed by atoms with van der Waals surface area (Å²) in [6, 6.07) is 0. The van der Waals surface area contributed by atoms with Crippen molar-refractivity contribution >= 4 is 0 Å². The predicted molar refractivity (Wildman–Crippen MR) is 64.2 cm³/mol. The summed E-state index contributed by atoms with van der Waals surface area (Å²) in [6.45, 7) is 10.3. The van der Waals surface area contributed by atoms with Crippen LogP contribution >= 0.6 is 0 Å². The molecule has 0 radical (unpaired) electrons. The van der Waals surface area contributed by atoms with Crippen LogP contribution in [0.2, 0.25) is 0 Å². The Morgan fingerprint density at radius 3 is 2.87 bits per heavy atom. The van der Waals surface area contributed by atoms with Gasteiger partial charge in [0.25, 0.3) is 0 Å². The van der Waals surface area contributed by atoms with Gasteiger partial charge in [0, 0.05) is 25.8 Å². The standard InChI is InChI=1S/C12H26N2O/c1-12(2)6-10-14(8-4-7-13-12)9-5-11-15-3/h13H,4-11H2,1-3H3.